The van der Waals surface area contributed by atoms with Crippen LogP contribution in [0.5, 0.6) is 0 Å². The van der Waals surface area contributed by atoms with Crippen LogP contribution in [0.15, 0.2) is 23.8 Å². The van der Waals surface area contributed by atoms with Crippen LogP contribution in [-0.4, -0.2) is 11.2 Å². The average Bonchev–Trinajstić information content (AvgIpc) is 2.20. The second kappa shape index (κ2) is 4.03. The van der Waals surface area contributed by atoms with E-state index in [1.54, 1.807) is 0 Å². The Morgan fingerprint density at radius 1 is 1.56 bits per heavy atom. The molecule has 2 rings (SSSR count). The highest BCUT2D eigenvalue weighted by atomic mass is 16.3. The van der Waals surface area contributed by atoms with Gasteiger partial charge in [-0.3, -0.25) is 0 Å². The topological polar surface area (TPSA) is 20.2 Å². The number of hydrogen-bond acceptors (Lipinski definition) is 1. The summed E-state index contributed by atoms with van der Waals surface area (Å²) in [6.07, 6.45) is 6.51. The number of fused-ring (bicyclic) bond motifs is 1. The molecule has 90 valence electrons. The summed E-state index contributed by atoms with van der Waals surface area (Å²) in [5.41, 5.74) is 2.75. The summed E-state index contributed by atoms with van der Waals surface area (Å²) in [6, 6.07) is 0. The summed E-state index contributed by atoms with van der Waals surface area (Å²) in [4.78, 5) is 0. The molecule has 0 spiro atoms. The van der Waals surface area contributed by atoms with Gasteiger partial charge in [-0.2, -0.15) is 0 Å². The molecule has 16 heavy (non-hydrogen) atoms. The Morgan fingerprint density at radius 2 is 2.25 bits per heavy atom. The van der Waals surface area contributed by atoms with Crippen molar-refractivity contribution in [2.75, 3.05) is 0 Å². The van der Waals surface area contributed by atoms with Gasteiger partial charge in [0.2, 0.25) is 0 Å². The van der Waals surface area contributed by atoms with Gasteiger partial charge in [-0.15, -0.1) is 0 Å². The molecule has 0 aromatic carbocycles. The number of allylic oxidation sites excluding steroid dienone is 2. The summed E-state index contributed by atoms with van der Waals surface area (Å²) in [5, 5.41) is 10.3. The van der Waals surface area contributed by atoms with E-state index in [0.29, 0.717) is 11.8 Å². The molecule has 0 aliphatic heterocycles. The van der Waals surface area contributed by atoms with Gasteiger partial charge in [0.15, 0.2) is 0 Å². The van der Waals surface area contributed by atoms with Crippen molar-refractivity contribution in [2.45, 2.75) is 52.6 Å². The normalized spacial score (nSPS) is 43.5. The molecule has 1 fully saturated rings. The molecule has 1 nitrogen and oxygen atoms in total. The third-order valence-electron chi connectivity index (χ3n) is 4.95. The Balaban J connectivity index is 2.32. The number of rotatable bonds is 1. The zero-order valence-corrected chi connectivity index (χ0v) is 10.8. The Kier molecular flexibility index (Phi) is 3.00. The van der Waals surface area contributed by atoms with E-state index in [1.165, 1.54) is 24.0 Å². The quantitative estimate of drug-likeness (QED) is 0.668. The van der Waals surface area contributed by atoms with Gasteiger partial charge >= 0.3 is 0 Å². The smallest absolute Gasteiger partial charge is 0.0761 e. The minimum absolute atomic E-state index is 0.208. The summed E-state index contributed by atoms with van der Waals surface area (Å²) < 4.78 is 0. The first-order valence-electron chi connectivity index (χ1n) is 6.49. The molecule has 0 bridgehead atoms. The molecule has 2 aliphatic carbocycles. The van der Waals surface area contributed by atoms with Gasteiger partial charge in [0, 0.05) is 0 Å². The fourth-order valence-corrected chi connectivity index (χ4v) is 3.53. The second-order valence-corrected chi connectivity index (χ2v) is 6.05. The van der Waals surface area contributed by atoms with Gasteiger partial charge < -0.3 is 5.11 Å². The van der Waals surface area contributed by atoms with E-state index >= 15 is 0 Å². The van der Waals surface area contributed by atoms with Gasteiger partial charge in [0.25, 0.3) is 0 Å². The maximum Gasteiger partial charge on any atom is 0.0761 e. The summed E-state index contributed by atoms with van der Waals surface area (Å²) in [7, 11) is 0. The molecule has 1 heteroatoms. The van der Waals surface area contributed by atoms with E-state index in [0.717, 1.165) is 12.8 Å². The first kappa shape index (κ1) is 11.9. The van der Waals surface area contributed by atoms with Crippen LogP contribution >= 0.6 is 0 Å². The fourth-order valence-electron chi connectivity index (χ4n) is 3.53. The molecule has 0 saturated heterocycles. The van der Waals surface area contributed by atoms with Crippen molar-refractivity contribution in [3.8, 4) is 0 Å². The molecular weight excluding hydrogens is 196 g/mol. The zero-order chi connectivity index (χ0) is 11.9. The summed E-state index contributed by atoms with van der Waals surface area (Å²) >= 11 is 0. The Bertz CT molecular complexity index is 328. The maximum atomic E-state index is 10.3. The van der Waals surface area contributed by atoms with Crippen molar-refractivity contribution in [1.29, 1.82) is 0 Å². The molecule has 1 N–H and O–H groups in total. The molecule has 0 amide bonds. The third kappa shape index (κ3) is 1.75. The minimum atomic E-state index is -0.233. The molecular formula is C15H24O. The van der Waals surface area contributed by atoms with E-state index in [9.17, 15) is 5.11 Å². The maximum absolute atomic E-state index is 10.3. The lowest BCUT2D eigenvalue weighted by atomic mass is 9.57. The van der Waals surface area contributed by atoms with Crippen molar-refractivity contribution in [1.82, 2.24) is 0 Å². The highest BCUT2D eigenvalue weighted by molar-refractivity contribution is 5.27. The van der Waals surface area contributed by atoms with Gasteiger partial charge in [0.1, 0.15) is 0 Å². The number of aliphatic hydroxyl groups is 1. The van der Waals surface area contributed by atoms with E-state index < -0.39 is 0 Å². The van der Waals surface area contributed by atoms with Crippen molar-refractivity contribution >= 4 is 0 Å². The van der Waals surface area contributed by atoms with Crippen LogP contribution in [0.1, 0.15) is 46.5 Å². The zero-order valence-electron chi connectivity index (χ0n) is 10.8. The van der Waals surface area contributed by atoms with Crippen molar-refractivity contribution in [3.05, 3.63) is 23.8 Å². The molecule has 0 unspecified atom stereocenters. The number of hydrogen-bond donors (Lipinski definition) is 1. The highest BCUT2D eigenvalue weighted by Gasteiger charge is 2.45. The molecule has 4 atom stereocenters. The van der Waals surface area contributed by atoms with Crippen LogP contribution in [0.2, 0.25) is 0 Å². The lowest BCUT2D eigenvalue weighted by Gasteiger charge is -2.49. The second-order valence-electron chi connectivity index (χ2n) is 6.05. The Hall–Kier alpha value is -0.560. The standard InChI is InChI=1S/C15H24O/c1-10(2)12-8-14(16)13-7-5-6-11(3)15(13,4)9-12/h7,11-12,14,16H,1,5-6,8-9H2,2-4H3/t11-,12+,14-,15+/m0/s1. The van der Waals surface area contributed by atoms with E-state index in [1.807, 2.05) is 0 Å². The lowest BCUT2D eigenvalue weighted by Crippen LogP contribution is -2.42. The predicted octanol–water partition coefficient (Wildman–Crippen LogP) is 3.70. The van der Waals surface area contributed by atoms with Crippen LogP contribution in [0.4, 0.5) is 0 Å². The third-order valence-corrected chi connectivity index (χ3v) is 4.95. The first-order chi connectivity index (χ1) is 7.45. The molecule has 0 radical (unpaired) electrons. The predicted molar refractivity (Wildman–Crippen MR) is 68.1 cm³/mol. The lowest BCUT2D eigenvalue weighted by molar-refractivity contribution is 0.0616. The number of aliphatic hydroxyl groups excluding tert-OH is 1. The molecule has 1 saturated carbocycles. The fraction of sp³-hybridized carbons (Fsp3) is 0.733. The SMILES string of the molecule is C=C(C)[C@@H]1C[C@H](O)C2=CCC[C@H](C)[C@@]2(C)C1. The van der Waals surface area contributed by atoms with Gasteiger partial charge in [-0.25, -0.2) is 0 Å². The first-order valence-corrected chi connectivity index (χ1v) is 6.49. The van der Waals surface area contributed by atoms with Gasteiger partial charge in [-0.05, 0) is 55.4 Å². The van der Waals surface area contributed by atoms with E-state index in [-0.39, 0.29) is 11.5 Å². The average molecular weight is 220 g/mol. The highest BCUT2D eigenvalue weighted by Crippen LogP contribution is 2.53. The minimum Gasteiger partial charge on any atom is -0.389 e. The van der Waals surface area contributed by atoms with Crippen LogP contribution in [0, 0.1) is 17.3 Å². The largest absolute Gasteiger partial charge is 0.389 e. The van der Waals surface area contributed by atoms with Crippen LogP contribution in [-0.2, 0) is 0 Å². The molecule has 2 aliphatic rings. The molecule has 0 heterocycles. The Labute approximate surface area is 99.3 Å². The van der Waals surface area contributed by atoms with E-state index in [4.69, 9.17) is 0 Å². The molecule has 0 aromatic heterocycles. The van der Waals surface area contributed by atoms with Crippen LogP contribution in [0.25, 0.3) is 0 Å². The summed E-state index contributed by atoms with van der Waals surface area (Å²) in [5.74, 6) is 1.18. The van der Waals surface area contributed by atoms with Crippen molar-refractivity contribution < 1.29 is 5.11 Å². The monoisotopic (exact) mass is 220 g/mol. The van der Waals surface area contributed by atoms with Crippen LogP contribution in [0.3, 0.4) is 0 Å². The van der Waals surface area contributed by atoms with Gasteiger partial charge in [-0.1, -0.05) is 32.1 Å². The van der Waals surface area contributed by atoms with Gasteiger partial charge in [0.05, 0.1) is 6.10 Å². The van der Waals surface area contributed by atoms with E-state index in [2.05, 4.69) is 33.4 Å². The van der Waals surface area contributed by atoms with Crippen molar-refractivity contribution in [3.63, 3.8) is 0 Å². The van der Waals surface area contributed by atoms with Crippen LogP contribution < -0.4 is 0 Å². The molecule has 0 aromatic rings. The summed E-state index contributed by atoms with van der Waals surface area (Å²) in [6.45, 7) is 10.8. The Morgan fingerprint density at radius 3 is 2.88 bits per heavy atom. The van der Waals surface area contributed by atoms with Crippen molar-refractivity contribution in [2.24, 2.45) is 17.3 Å².